The van der Waals surface area contributed by atoms with Crippen molar-refractivity contribution in [1.82, 2.24) is 19.7 Å². The molecule has 7 nitrogen and oxygen atoms in total. The van der Waals surface area contributed by atoms with Crippen LogP contribution in [0.3, 0.4) is 0 Å². The number of aliphatic hydroxyl groups is 1. The fraction of sp³-hybridized carbons (Fsp3) is 0.423. The third kappa shape index (κ3) is 4.10. The summed E-state index contributed by atoms with van der Waals surface area (Å²) in [7, 11) is 1.84. The van der Waals surface area contributed by atoms with Gasteiger partial charge in [-0.15, -0.1) is 10.2 Å². The lowest BCUT2D eigenvalue weighted by molar-refractivity contribution is -0.139. The Balaban J connectivity index is 1.62. The van der Waals surface area contributed by atoms with Crippen LogP contribution in [0.15, 0.2) is 48.8 Å². The van der Waals surface area contributed by atoms with E-state index >= 15 is 0 Å². The zero-order chi connectivity index (χ0) is 26.7. The van der Waals surface area contributed by atoms with Gasteiger partial charge in [0.1, 0.15) is 24.0 Å². The number of alkyl halides is 4. The maximum Gasteiger partial charge on any atom is 0.416 e. The predicted octanol–water partition coefficient (Wildman–Crippen LogP) is 4.03. The van der Waals surface area contributed by atoms with Crippen LogP contribution in [-0.4, -0.2) is 56.0 Å². The number of β-amino-alcohol motifs (C(OH)–C–C–N with tert-alkyl or cyclic N) is 1. The third-order valence-electron chi connectivity index (χ3n) is 7.54. The molecule has 1 amide bonds. The van der Waals surface area contributed by atoms with Crippen molar-refractivity contribution in [3.05, 3.63) is 76.9 Å². The van der Waals surface area contributed by atoms with E-state index in [0.29, 0.717) is 12.1 Å². The summed E-state index contributed by atoms with van der Waals surface area (Å²) in [4.78, 5) is 16.5. The van der Waals surface area contributed by atoms with Crippen LogP contribution in [0.25, 0.3) is 0 Å². The Morgan fingerprint density at radius 2 is 1.92 bits per heavy atom. The number of amides is 1. The number of aliphatic hydroxyl groups excluding tert-OH is 1. The van der Waals surface area contributed by atoms with E-state index in [1.165, 1.54) is 28.9 Å². The van der Waals surface area contributed by atoms with Crippen LogP contribution >= 0.6 is 0 Å². The molecule has 0 aliphatic carbocycles. The van der Waals surface area contributed by atoms with Gasteiger partial charge >= 0.3 is 6.18 Å². The average molecular weight is 518 g/mol. The van der Waals surface area contributed by atoms with E-state index in [1.807, 2.05) is 24.6 Å². The number of aryl methyl sites for hydroxylation is 1. The first-order valence-electron chi connectivity index (χ1n) is 12.0. The number of hydrogen-bond acceptors (Lipinski definition) is 5. The fourth-order valence-corrected chi connectivity index (χ4v) is 5.53. The highest BCUT2D eigenvalue weighted by atomic mass is 19.4. The molecule has 196 valence electrons. The largest absolute Gasteiger partial charge is 0.416 e. The van der Waals surface area contributed by atoms with Crippen molar-refractivity contribution in [2.75, 3.05) is 18.0 Å². The topological polar surface area (TPSA) is 74.5 Å². The Morgan fingerprint density at radius 3 is 2.54 bits per heavy atom. The number of aromatic nitrogens is 3. The molecule has 0 bridgehead atoms. The summed E-state index contributed by atoms with van der Waals surface area (Å²) in [5, 5.41) is 18.2. The van der Waals surface area contributed by atoms with Gasteiger partial charge in [-0.2, -0.15) is 13.2 Å². The van der Waals surface area contributed by atoms with Gasteiger partial charge in [0.25, 0.3) is 5.91 Å². The van der Waals surface area contributed by atoms with Crippen LogP contribution in [0.2, 0.25) is 0 Å². The molecule has 1 saturated heterocycles. The summed E-state index contributed by atoms with van der Waals surface area (Å²) in [5.41, 5.74) is -1.71. The highest BCUT2D eigenvalue weighted by molar-refractivity contribution is 6.12. The maximum absolute atomic E-state index is 14.5. The van der Waals surface area contributed by atoms with E-state index in [1.54, 1.807) is 24.5 Å². The van der Waals surface area contributed by atoms with Gasteiger partial charge in [0.2, 0.25) is 0 Å². The van der Waals surface area contributed by atoms with Gasteiger partial charge in [-0.05, 0) is 42.7 Å². The van der Waals surface area contributed by atoms with Crippen molar-refractivity contribution in [1.29, 1.82) is 0 Å². The molecule has 1 aromatic heterocycles. The maximum atomic E-state index is 14.5. The molecule has 3 aromatic rings. The van der Waals surface area contributed by atoms with Gasteiger partial charge < -0.3 is 9.67 Å². The predicted molar refractivity (Wildman–Crippen MR) is 128 cm³/mol. The minimum absolute atomic E-state index is 0.0382. The van der Waals surface area contributed by atoms with Crippen molar-refractivity contribution >= 4 is 11.6 Å². The van der Waals surface area contributed by atoms with E-state index in [2.05, 4.69) is 10.2 Å². The zero-order valence-electron chi connectivity index (χ0n) is 20.6. The first kappa shape index (κ1) is 25.3. The Kier molecular flexibility index (Phi) is 6.11. The van der Waals surface area contributed by atoms with Gasteiger partial charge in [0.15, 0.2) is 0 Å². The molecule has 37 heavy (non-hydrogen) atoms. The van der Waals surface area contributed by atoms with E-state index in [9.17, 15) is 27.5 Å². The second-order valence-corrected chi connectivity index (χ2v) is 9.93. The van der Waals surface area contributed by atoms with Crippen molar-refractivity contribution in [2.45, 2.75) is 50.3 Å². The molecule has 0 saturated carbocycles. The standard InChI is InChI=1S/C26H27F4N5O2/c1-15(10-22-32-31-14-33(22)3)16-6-4-7-17(11-16)35-24(37)18-8-5-9-19(26(28,29)30)23(18)25(35,2)34-12-20(27)21(36)13-34/h4-9,11,14-15,20-21,36H,10,12-13H2,1-3H3/t15-,20-,21+,25?/m1/s1. The summed E-state index contributed by atoms with van der Waals surface area (Å²) in [6.07, 6.45) is -5.58. The number of likely N-dealkylation sites (tertiary alicyclic amines) is 1. The van der Waals surface area contributed by atoms with Crippen LogP contribution < -0.4 is 4.90 Å². The van der Waals surface area contributed by atoms with Gasteiger partial charge in [-0.25, -0.2) is 4.39 Å². The molecule has 3 heterocycles. The van der Waals surface area contributed by atoms with Crippen LogP contribution in [0.4, 0.5) is 23.2 Å². The normalized spacial score (nSPS) is 25.1. The second-order valence-electron chi connectivity index (χ2n) is 9.93. The summed E-state index contributed by atoms with van der Waals surface area (Å²) >= 11 is 0. The monoisotopic (exact) mass is 517 g/mol. The number of halogens is 4. The summed E-state index contributed by atoms with van der Waals surface area (Å²) in [5.74, 6) is 0.115. The van der Waals surface area contributed by atoms with E-state index in [-0.39, 0.29) is 30.1 Å². The smallest absolute Gasteiger partial charge is 0.389 e. The summed E-state index contributed by atoms with van der Waals surface area (Å²) < 4.78 is 58.8. The van der Waals surface area contributed by atoms with Crippen molar-refractivity contribution < 1.29 is 27.5 Å². The van der Waals surface area contributed by atoms with Crippen LogP contribution in [-0.2, 0) is 25.3 Å². The fourth-order valence-electron chi connectivity index (χ4n) is 5.53. The molecule has 2 aromatic carbocycles. The first-order valence-corrected chi connectivity index (χ1v) is 12.0. The van der Waals surface area contributed by atoms with E-state index < -0.39 is 35.6 Å². The summed E-state index contributed by atoms with van der Waals surface area (Å²) in [6.45, 7) is 2.96. The number of carbonyl (C=O) groups is 1. The molecule has 1 N–H and O–H groups in total. The number of rotatable bonds is 5. The first-order chi connectivity index (χ1) is 17.4. The number of carbonyl (C=O) groups excluding carboxylic acids is 1. The molecule has 2 aliphatic heterocycles. The van der Waals surface area contributed by atoms with Crippen molar-refractivity contribution in [2.24, 2.45) is 7.05 Å². The van der Waals surface area contributed by atoms with Gasteiger partial charge in [0, 0.05) is 43.4 Å². The Labute approximate surface area is 211 Å². The van der Waals surface area contributed by atoms with E-state index in [0.717, 1.165) is 17.5 Å². The lowest BCUT2D eigenvalue weighted by atomic mass is 9.92. The number of anilines is 1. The molecule has 11 heteroatoms. The van der Waals surface area contributed by atoms with Gasteiger partial charge in [-0.1, -0.05) is 25.1 Å². The molecular formula is C26H27F4N5O2. The Hall–Kier alpha value is -3.31. The van der Waals surface area contributed by atoms with E-state index in [4.69, 9.17) is 0 Å². The SMILES string of the molecule is C[C@H](Cc1nncn1C)c1cccc(N2C(=O)c3cccc(C(F)(F)F)c3C2(C)N2C[C@@H](F)[C@@H](O)C2)c1. The van der Waals surface area contributed by atoms with Gasteiger partial charge in [-0.3, -0.25) is 14.6 Å². The Morgan fingerprint density at radius 1 is 1.19 bits per heavy atom. The molecule has 4 atom stereocenters. The Bertz CT molecular complexity index is 1330. The number of nitrogens with zero attached hydrogens (tertiary/aromatic N) is 5. The van der Waals surface area contributed by atoms with Crippen LogP contribution in [0, 0.1) is 0 Å². The second kappa shape index (κ2) is 8.91. The quantitative estimate of drug-likeness (QED) is 0.518. The molecule has 1 unspecified atom stereocenters. The highest BCUT2D eigenvalue weighted by Gasteiger charge is 2.57. The molecule has 5 rings (SSSR count). The molecule has 0 radical (unpaired) electrons. The minimum atomic E-state index is -4.73. The molecule has 2 aliphatic rings. The zero-order valence-corrected chi connectivity index (χ0v) is 20.6. The van der Waals surface area contributed by atoms with Crippen LogP contribution in [0.5, 0.6) is 0 Å². The lowest BCUT2D eigenvalue weighted by Gasteiger charge is -2.44. The number of fused-ring (bicyclic) bond motifs is 1. The summed E-state index contributed by atoms with van der Waals surface area (Å²) in [6, 6.07) is 10.6. The van der Waals surface area contributed by atoms with Gasteiger partial charge in [0.05, 0.1) is 11.7 Å². The van der Waals surface area contributed by atoms with Crippen LogP contribution in [0.1, 0.15) is 52.6 Å². The molecule has 1 fully saturated rings. The minimum Gasteiger partial charge on any atom is -0.389 e. The molecular weight excluding hydrogens is 490 g/mol. The lowest BCUT2D eigenvalue weighted by Crippen LogP contribution is -2.54. The highest BCUT2D eigenvalue weighted by Crippen LogP contribution is 2.50. The van der Waals surface area contributed by atoms with Crippen molar-refractivity contribution in [3.8, 4) is 0 Å². The number of benzene rings is 2. The third-order valence-corrected chi connectivity index (χ3v) is 7.54. The molecule has 0 spiro atoms. The number of hydrogen-bond donors (Lipinski definition) is 1. The average Bonchev–Trinajstić information content (AvgIpc) is 3.48. The van der Waals surface area contributed by atoms with Crippen molar-refractivity contribution in [3.63, 3.8) is 0 Å².